The van der Waals surface area contributed by atoms with Gasteiger partial charge in [0.25, 0.3) is 0 Å². The summed E-state index contributed by atoms with van der Waals surface area (Å²) < 4.78 is 28.3. The molecular formula is C57H100O12. The number of carbonyl (C=O) groups is 4. The maximum atomic E-state index is 13.0. The Kier molecular flexibility index (Phi) is 42.7. The Morgan fingerprint density at radius 1 is 0.478 bits per heavy atom. The Bertz CT molecular complexity index is 1350. The molecule has 0 spiro atoms. The summed E-state index contributed by atoms with van der Waals surface area (Å²) in [6, 6.07) is 0. The first-order valence-electron chi connectivity index (χ1n) is 28.0. The van der Waals surface area contributed by atoms with Crippen LogP contribution in [0.3, 0.4) is 0 Å². The van der Waals surface area contributed by atoms with Crippen LogP contribution in [0.5, 0.6) is 0 Å². The molecular weight excluding hydrogens is 877 g/mol. The van der Waals surface area contributed by atoms with E-state index in [-0.39, 0.29) is 25.9 Å². The number of carboxylic acid groups (broad SMARTS) is 1. The van der Waals surface area contributed by atoms with Crippen molar-refractivity contribution in [1.82, 2.24) is 0 Å². The number of aliphatic hydroxyl groups is 2. The van der Waals surface area contributed by atoms with Gasteiger partial charge in [-0.1, -0.05) is 211 Å². The average molecular weight is 977 g/mol. The molecule has 0 radical (unpaired) electrons. The van der Waals surface area contributed by atoms with Crippen LogP contribution in [-0.2, 0) is 42.9 Å². The van der Waals surface area contributed by atoms with Gasteiger partial charge < -0.3 is 39.0 Å². The van der Waals surface area contributed by atoms with Crippen molar-refractivity contribution in [2.75, 3.05) is 13.2 Å². The number of rotatable bonds is 47. The first-order valence-corrected chi connectivity index (χ1v) is 28.0. The fourth-order valence-electron chi connectivity index (χ4n) is 8.37. The van der Waals surface area contributed by atoms with Crippen LogP contribution in [0.25, 0.3) is 0 Å². The standard InChI is InChI=1S/C57H100O12/c1-4-7-10-13-16-19-21-22-23-24-25-26-27-28-30-33-36-39-42-45-51(60)68-55-53(62)52(61)54(56(63)64)69-57(55)66-47-48(67-50(59)44-41-38-35-31-18-15-12-9-6-3)46-65-49(58)43-40-37-34-32-29-20-17-14-11-8-5-2/h16,19,22-23,25-26,48,52-55,57,61-62H,4-15,17-18,20-21,24,27-47H2,1-3H3,(H,63,64)/b19-16-,23-22-,26-25-. The third-order valence-electron chi connectivity index (χ3n) is 12.7. The maximum Gasteiger partial charge on any atom is 0.335 e. The predicted octanol–water partition coefficient (Wildman–Crippen LogP) is 13.7. The Morgan fingerprint density at radius 3 is 1.35 bits per heavy atom. The highest BCUT2D eigenvalue weighted by Crippen LogP contribution is 2.26. The van der Waals surface area contributed by atoms with Crippen LogP contribution in [0.15, 0.2) is 36.5 Å². The van der Waals surface area contributed by atoms with E-state index in [2.05, 4.69) is 57.2 Å². The normalized spacial score (nSPS) is 18.9. The lowest BCUT2D eigenvalue weighted by Crippen LogP contribution is -2.61. The number of unbranched alkanes of at least 4 members (excludes halogenated alkanes) is 27. The van der Waals surface area contributed by atoms with Gasteiger partial charge in [0.1, 0.15) is 18.8 Å². The number of aliphatic carboxylic acids is 1. The fraction of sp³-hybridized carbons (Fsp3) is 0.825. The van der Waals surface area contributed by atoms with Gasteiger partial charge in [0.05, 0.1) is 6.61 Å². The molecule has 400 valence electrons. The van der Waals surface area contributed by atoms with Gasteiger partial charge in [0, 0.05) is 19.3 Å². The second kappa shape index (κ2) is 46.0. The zero-order valence-electron chi connectivity index (χ0n) is 43.8. The number of esters is 3. The van der Waals surface area contributed by atoms with Gasteiger partial charge in [0.15, 0.2) is 24.6 Å². The topological polar surface area (TPSA) is 175 Å². The molecule has 69 heavy (non-hydrogen) atoms. The molecule has 0 aliphatic carbocycles. The second-order valence-electron chi connectivity index (χ2n) is 19.2. The van der Waals surface area contributed by atoms with E-state index in [9.17, 15) is 34.5 Å². The molecule has 0 amide bonds. The zero-order chi connectivity index (χ0) is 50.4. The molecule has 3 N–H and O–H groups in total. The van der Waals surface area contributed by atoms with Crippen LogP contribution in [0.4, 0.5) is 0 Å². The number of hydrogen-bond acceptors (Lipinski definition) is 11. The summed E-state index contributed by atoms with van der Waals surface area (Å²) >= 11 is 0. The summed E-state index contributed by atoms with van der Waals surface area (Å²) in [5, 5.41) is 31.4. The fourth-order valence-corrected chi connectivity index (χ4v) is 8.37. The lowest BCUT2D eigenvalue weighted by atomic mass is 9.98. The summed E-state index contributed by atoms with van der Waals surface area (Å²) in [6.07, 6.45) is 39.9. The number of aliphatic hydroxyl groups excluding tert-OH is 2. The highest BCUT2D eigenvalue weighted by Gasteiger charge is 2.50. The van der Waals surface area contributed by atoms with Crippen molar-refractivity contribution >= 4 is 23.9 Å². The minimum Gasteiger partial charge on any atom is -0.479 e. The molecule has 1 rings (SSSR count). The van der Waals surface area contributed by atoms with Gasteiger partial charge >= 0.3 is 23.9 Å². The highest BCUT2D eigenvalue weighted by atomic mass is 16.7. The van der Waals surface area contributed by atoms with Gasteiger partial charge in [-0.15, -0.1) is 0 Å². The molecule has 1 heterocycles. The van der Waals surface area contributed by atoms with Gasteiger partial charge in [-0.25, -0.2) is 4.79 Å². The van der Waals surface area contributed by atoms with Crippen molar-refractivity contribution in [3.8, 4) is 0 Å². The lowest BCUT2D eigenvalue weighted by Gasteiger charge is -2.40. The maximum absolute atomic E-state index is 13.0. The molecule has 6 unspecified atom stereocenters. The van der Waals surface area contributed by atoms with Gasteiger partial charge in [0.2, 0.25) is 0 Å². The van der Waals surface area contributed by atoms with Crippen LogP contribution < -0.4 is 0 Å². The van der Waals surface area contributed by atoms with E-state index in [1.165, 1.54) is 103 Å². The number of carbonyl (C=O) groups excluding carboxylic acids is 3. The molecule has 1 saturated heterocycles. The van der Waals surface area contributed by atoms with E-state index in [1.807, 2.05) is 0 Å². The Hall–Kier alpha value is -3.06. The Labute approximate surface area is 419 Å². The van der Waals surface area contributed by atoms with Crippen LogP contribution in [0.2, 0.25) is 0 Å². The molecule has 0 bridgehead atoms. The van der Waals surface area contributed by atoms with E-state index in [0.717, 1.165) is 89.9 Å². The van der Waals surface area contributed by atoms with Gasteiger partial charge in [-0.2, -0.15) is 0 Å². The van der Waals surface area contributed by atoms with Gasteiger partial charge in [-0.05, 0) is 57.8 Å². The third-order valence-corrected chi connectivity index (χ3v) is 12.7. The average Bonchev–Trinajstić information content (AvgIpc) is 3.33. The van der Waals surface area contributed by atoms with Crippen molar-refractivity contribution in [3.05, 3.63) is 36.5 Å². The molecule has 1 aliphatic rings. The second-order valence-corrected chi connectivity index (χ2v) is 19.2. The van der Waals surface area contributed by atoms with Crippen molar-refractivity contribution in [1.29, 1.82) is 0 Å². The van der Waals surface area contributed by atoms with Crippen LogP contribution >= 0.6 is 0 Å². The van der Waals surface area contributed by atoms with Crippen LogP contribution in [-0.4, -0.2) is 89.2 Å². The Balaban J connectivity index is 2.66. The SMILES string of the molecule is CCCCC/C=C\C/C=C\C/C=C\CCCCCCCCC(=O)OC1C(OCC(COC(=O)CCCCCCCCCCCCC)OC(=O)CCCCCCCCCCC)OC(C(=O)O)C(O)C1O. The van der Waals surface area contributed by atoms with E-state index >= 15 is 0 Å². The zero-order valence-corrected chi connectivity index (χ0v) is 43.8. The van der Waals surface area contributed by atoms with Crippen molar-refractivity contribution in [2.45, 2.75) is 289 Å². The Morgan fingerprint density at radius 2 is 0.870 bits per heavy atom. The molecule has 0 aromatic rings. The summed E-state index contributed by atoms with van der Waals surface area (Å²) in [6.45, 7) is 5.92. The number of ether oxygens (including phenoxy) is 5. The minimum absolute atomic E-state index is 0.0491. The quantitative estimate of drug-likeness (QED) is 0.0228. The number of allylic oxidation sites excluding steroid dienone is 6. The van der Waals surface area contributed by atoms with Crippen LogP contribution in [0.1, 0.15) is 252 Å². The van der Waals surface area contributed by atoms with Crippen molar-refractivity contribution in [3.63, 3.8) is 0 Å². The first-order chi connectivity index (χ1) is 33.6. The smallest absolute Gasteiger partial charge is 0.335 e. The van der Waals surface area contributed by atoms with E-state index in [0.29, 0.717) is 19.3 Å². The number of hydrogen-bond donors (Lipinski definition) is 3. The molecule has 1 fully saturated rings. The summed E-state index contributed by atoms with van der Waals surface area (Å²) in [7, 11) is 0. The van der Waals surface area contributed by atoms with E-state index < -0.39 is 67.3 Å². The van der Waals surface area contributed by atoms with Gasteiger partial charge in [-0.3, -0.25) is 14.4 Å². The van der Waals surface area contributed by atoms with Crippen LogP contribution in [0, 0.1) is 0 Å². The van der Waals surface area contributed by atoms with Crippen molar-refractivity contribution in [2.24, 2.45) is 0 Å². The first kappa shape index (κ1) is 64.0. The molecule has 0 aromatic carbocycles. The molecule has 12 nitrogen and oxygen atoms in total. The van der Waals surface area contributed by atoms with E-state index in [4.69, 9.17) is 23.7 Å². The summed E-state index contributed by atoms with van der Waals surface area (Å²) in [5.41, 5.74) is 0. The predicted molar refractivity (Wildman–Crippen MR) is 276 cm³/mol. The molecule has 0 saturated carbocycles. The summed E-state index contributed by atoms with van der Waals surface area (Å²) in [5.74, 6) is -3.12. The molecule has 6 atom stereocenters. The lowest BCUT2D eigenvalue weighted by molar-refractivity contribution is -0.301. The van der Waals surface area contributed by atoms with Crippen molar-refractivity contribution < 1.29 is 58.2 Å². The molecule has 1 aliphatic heterocycles. The molecule has 12 heteroatoms. The minimum atomic E-state index is -1.90. The third kappa shape index (κ3) is 36.5. The number of carboxylic acids is 1. The molecule has 0 aromatic heterocycles. The summed E-state index contributed by atoms with van der Waals surface area (Å²) in [4.78, 5) is 50.8. The highest BCUT2D eigenvalue weighted by molar-refractivity contribution is 5.74. The largest absolute Gasteiger partial charge is 0.479 e. The van der Waals surface area contributed by atoms with E-state index in [1.54, 1.807) is 0 Å². The monoisotopic (exact) mass is 977 g/mol.